The average molecular weight is 520 g/mol. The van der Waals surface area contributed by atoms with Gasteiger partial charge in [-0.1, -0.05) is 6.07 Å². The van der Waals surface area contributed by atoms with Gasteiger partial charge < -0.3 is 29.9 Å². The minimum Gasteiger partial charge on any atom is -0.508 e. The van der Waals surface area contributed by atoms with Gasteiger partial charge in [0.05, 0.1) is 11.1 Å². The molecule has 38 heavy (non-hydrogen) atoms. The third kappa shape index (κ3) is 5.03. The molecule has 0 saturated carbocycles. The maximum atomic E-state index is 12.7. The van der Waals surface area contributed by atoms with Crippen LogP contribution in [-0.4, -0.2) is 49.4 Å². The lowest BCUT2D eigenvalue weighted by molar-refractivity contribution is -0.138. The van der Waals surface area contributed by atoms with Crippen LogP contribution in [0.25, 0.3) is 33.4 Å². The number of phenols is 1. The van der Waals surface area contributed by atoms with Gasteiger partial charge in [-0.25, -0.2) is 9.59 Å². The Morgan fingerprint density at radius 3 is 2.00 bits per heavy atom. The molecule has 1 aliphatic carbocycles. The van der Waals surface area contributed by atoms with Crippen molar-refractivity contribution >= 4 is 34.8 Å². The fourth-order valence-electron chi connectivity index (χ4n) is 4.28. The summed E-state index contributed by atoms with van der Waals surface area (Å²) in [5.41, 5.74) is -0.162. The summed E-state index contributed by atoms with van der Waals surface area (Å²) in [5.74, 6) is -5.24. The maximum absolute atomic E-state index is 12.7. The van der Waals surface area contributed by atoms with Crippen LogP contribution in [0.15, 0.2) is 51.7 Å². The van der Waals surface area contributed by atoms with Gasteiger partial charge in [0.1, 0.15) is 17.1 Å². The van der Waals surface area contributed by atoms with Crippen molar-refractivity contribution in [2.75, 3.05) is 0 Å². The number of carbonyl (C=O) groups is 4. The molecule has 11 nitrogen and oxygen atoms in total. The van der Waals surface area contributed by atoms with E-state index >= 15 is 0 Å². The minimum atomic E-state index is -1.43. The Bertz CT molecular complexity index is 1660. The molecule has 0 spiro atoms. The summed E-state index contributed by atoms with van der Waals surface area (Å²) >= 11 is 0. The zero-order valence-electron chi connectivity index (χ0n) is 19.6. The fraction of sp³-hybridized carbons (Fsp3) is 0.148. The van der Waals surface area contributed by atoms with Crippen LogP contribution in [0.5, 0.6) is 5.75 Å². The highest BCUT2D eigenvalue weighted by Crippen LogP contribution is 2.43. The summed E-state index contributed by atoms with van der Waals surface area (Å²) in [6, 6.07) is 8.71. The second kappa shape index (κ2) is 10.1. The lowest BCUT2D eigenvalue weighted by Crippen LogP contribution is -2.12. The number of rotatable bonds is 9. The third-order valence-electron chi connectivity index (χ3n) is 6.08. The second-order valence-electron chi connectivity index (χ2n) is 8.57. The monoisotopic (exact) mass is 520 g/mol. The number of aryl methyl sites for hydroxylation is 2. The first-order chi connectivity index (χ1) is 18.0. The van der Waals surface area contributed by atoms with Crippen molar-refractivity contribution in [3.05, 3.63) is 74.9 Å². The number of aromatic carboxylic acids is 2. The Morgan fingerprint density at radius 2 is 1.39 bits per heavy atom. The number of hydrogen-bond acceptors (Lipinski definition) is 7. The van der Waals surface area contributed by atoms with E-state index in [-0.39, 0.29) is 87.1 Å². The first-order valence-corrected chi connectivity index (χ1v) is 11.3. The number of carboxylic acid groups (broad SMARTS) is 4. The molecule has 0 amide bonds. The normalized spacial score (nSPS) is 11.1. The molecule has 2 aliphatic rings. The van der Waals surface area contributed by atoms with E-state index < -0.39 is 29.3 Å². The van der Waals surface area contributed by atoms with Crippen LogP contribution < -0.4 is 5.43 Å². The van der Waals surface area contributed by atoms with E-state index in [1.807, 2.05) is 0 Å². The molecular weight excluding hydrogens is 500 g/mol. The van der Waals surface area contributed by atoms with Gasteiger partial charge in [0.2, 0.25) is 0 Å². The van der Waals surface area contributed by atoms with E-state index in [9.17, 15) is 39.3 Å². The molecule has 0 unspecified atom stereocenters. The van der Waals surface area contributed by atoms with Crippen molar-refractivity contribution < 1.29 is 49.1 Å². The summed E-state index contributed by atoms with van der Waals surface area (Å²) in [5, 5.41) is 48.2. The largest absolute Gasteiger partial charge is 0.508 e. The molecule has 11 heteroatoms. The van der Waals surface area contributed by atoms with Gasteiger partial charge in [0.25, 0.3) is 0 Å². The van der Waals surface area contributed by atoms with Crippen molar-refractivity contribution in [2.24, 2.45) is 0 Å². The summed E-state index contributed by atoms with van der Waals surface area (Å²) in [6.45, 7) is 0. The predicted octanol–water partition coefficient (Wildman–Crippen LogP) is 3.70. The molecule has 0 aromatic heterocycles. The van der Waals surface area contributed by atoms with Crippen molar-refractivity contribution in [3.63, 3.8) is 0 Å². The number of hydrogen-bond donors (Lipinski definition) is 5. The van der Waals surface area contributed by atoms with E-state index in [0.29, 0.717) is 0 Å². The number of carboxylic acids is 4. The zero-order chi connectivity index (χ0) is 27.7. The standard InChI is InChI=1S/C27H20O11/c28-19-10-21-17(7-12(19)2-5-23(30)31)25(15-4-1-14(26(34)35)9-16(15)27(36)37)18-8-13(3-6-24(32)33)20(29)11-22(18)38-21/h1,4,7-11,28H,2-3,5-6H2,(H,30,31)(H,32,33)(H,34,35)(H,36,37). The Hall–Kier alpha value is -5.19. The second-order valence-corrected chi connectivity index (χ2v) is 8.57. The lowest BCUT2D eigenvalue weighted by Gasteiger charge is -2.19. The first kappa shape index (κ1) is 25.9. The number of benzene rings is 3. The summed E-state index contributed by atoms with van der Waals surface area (Å²) in [4.78, 5) is 58.6. The van der Waals surface area contributed by atoms with E-state index in [1.54, 1.807) is 0 Å². The number of aromatic hydroxyl groups is 1. The van der Waals surface area contributed by atoms with Crippen LogP contribution in [0.2, 0.25) is 0 Å². The van der Waals surface area contributed by atoms with Gasteiger partial charge in [0, 0.05) is 47.1 Å². The van der Waals surface area contributed by atoms with Gasteiger partial charge >= 0.3 is 23.9 Å². The molecule has 0 radical (unpaired) electrons. The SMILES string of the molecule is O=C(O)CCc1cc2c(-c3ccc(C(=O)O)cc3C(=O)O)c3cc(CCC(=O)O)c(=O)cc-3oc2cc1O. The zero-order valence-corrected chi connectivity index (χ0v) is 19.6. The Morgan fingerprint density at radius 1 is 0.737 bits per heavy atom. The molecule has 2 aromatic carbocycles. The highest BCUT2D eigenvalue weighted by Gasteiger charge is 2.25. The van der Waals surface area contributed by atoms with Crippen LogP contribution in [-0.2, 0) is 22.4 Å². The minimum absolute atomic E-state index is 0.0212. The van der Waals surface area contributed by atoms with Gasteiger partial charge in [0.15, 0.2) is 5.43 Å². The van der Waals surface area contributed by atoms with Crippen LogP contribution >= 0.6 is 0 Å². The van der Waals surface area contributed by atoms with Gasteiger partial charge in [-0.05, 0) is 48.2 Å². The van der Waals surface area contributed by atoms with E-state index in [1.165, 1.54) is 30.3 Å². The van der Waals surface area contributed by atoms with E-state index in [4.69, 9.17) is 14.6 Å². The van der Waals surface area contributed by atoms with Crippen LogP contribution in [0.3, 0.4) is 0 Å². The quantitative estimate of drug-likeness (QED) is 0.202. The molecular formula is C27H20O11. The summed E-state index contributed by atoms with van der Waals surface area (Å²) in [7, 11) is 0. The van der Waals surface area contributed by atoms with Crippen LogP contribution in [0.1, 0.15) is 44.7 Å². The summed E-state index contributed by atoms with van der Waals surface area (Å²) < 4.78 is 5.86. The number of fused-ring (bicyclic) bond motifs is 2. The molecule has 2 aromatic rings. The molecule has 5 N–H and O–H groups in total. The van der Waals surface area contributed by atoms with Crippen molar-refractivity contribution in [1.82, 2.24) is 0 Å². The van der Waals surface area contributed by atoms with Crippen molar-refractivity contribution in [1.29, 1.82) is 0 Å². The van der Waals surface area contributed by atoms with Gasteiger partial charge in [-0.3, -0.25) is 14.4 Å². The predicted molar refractivity (Wildman–Crippen MR) is 132 cm³/mol. The summed E-state index contributed by atoms with van der Waals surface area (Å²) in [6.07, 6.45) is -0.792. The maximum Gasteiger partial charge on any atom is 0.336 e. The first-order valence-electron chi connectivity index (χ1n) is 11.3. The van der Waals surface area contributed by atoms with E-state index in [2.05, 4.69) is 0 Å². The van der Waals surface area contributed by atoms with Crippen LogP contribution in [0, 0.1) is 0 Å². The Balaban J connectivity index is 2.13. The third-order valence-corrected chi connectivity index (χ3v) is 6.08. The smallest absolute Gasteiger partial charge is 0.336 e. The average Bonchev–Trinajstić information content (AvgIpc) is 2.84. The number of phenolic OH excluding ortho intramolecular Hbond substituents is 1. The van der Waals surface area contributed by atoms with E-state index in [0.717, 1.165) is 12.1 Å². The molecule has 0 fully saturated rings. The lowest BCUT2D eigenvalue weighted by atomic mass is 9.88. The molecule has 194 valence electrons. The highest BCUT2D eigenvalue weighted by atomic mass is 16.4. The van der Waals surface area contributed by atoms with Gasteiger partial charge in [-0.15, -0.1) is 0 Å². The van der Waals surface area contributed by atoms with Crippen molar-refractivity contribution in [2.45, 2.75) is 25.7 Å². The molecule has 0 saturated heterocycles. The topological polar surface area (TPSA) is 200 Å². The fourth-order valence-corrected chi connectivity index (χ4v) is 4.28. The molecule has 1 aliphatic heterocycles. The molecule has 0 atom stereocenters. The molecule has 0 bridgehead atoms. The van der Waals surface area contributed by atoms with Gasteiger partial charge in [-0.2, -0.15) is 0 Å². The highest BCUT2D eigenvalue weighted by molar-refractivity contribution is 6.09. The van der Waals surface area contributed by atoms with Crippen LogP contribution in [0.4, 0.5) is 0 Å². The molecule has 4 rings (SSSR count). The Kier molecular flexibility index (Phi) is 6.85. The number of aliphatic carboxylic acids is 2. The molecule has 1 heterocycles. The van der Waals surface area contributed by atoms with Crippen molar-refractivity contribution in [3.8, 4) is 28.2 Å². The Labute approximate surface area is 213 Å².